The topological polar surface area (TPSA) is 101 Å². The van der Waals surface area contributed by atoms with Gasteiger partial charge in [-0.3, -0.25) is 9.59 Å². The molecule has 1 aromatic carbocycles. The average Bonchev–Trinajstić information content (AvgIpc) is 2.94. The van der Waals surface area contributed by atoms with Crippen molar-refractivity contribution in [1.29, 1.82) is 0 Å². The molecule has 24 heavy (non-hydrogen) atoms. The van der Waals surface area contributed by atoms with Crippen LogP contribution in [0.4, 0.5) is 0 Å². The molecule has 0 radical (unpaired) electrons. The number of likely N-dealkylation sites (tertiary alicyclic amines) is 1. The minimum Gasteiger partial charge on any atom is -0.481 e. The van der Waals surface area contributed by atoms with Gasteiger partial charge in [-0.1, -0.05) is 0 Å². The highest BCUT2D eigenvalue weighted by Crippen LogP contribution is 2.42. The van der Waals surface area contributed by atoms with Crippen molar-refractivity contribution in [2.75, 3.05) is 32.6 Å². The molecule has 2 fully saturated rings. The van der Waals surface area contributed by atoms with Crippen LogP contribution in [0.15, 0.2) is 29.2 Å². The van der Waals surface area contributed by atoms with E-state index >= 15 is 0 Å². The first-order valence-electron chi connectivity index (χ1n) is 7.64. The fraction of sp³-hybridized carbons (Fsp3) is 0.500. The number of fused-ring (bicyclic) bond motifs is 1. The van der Waals surface area contributed by atoms with Crippen LogP contribution < -0.4 is 0 Å². The summed E-state index contributed by atoms with van der Waals surface area (Å²) in [5, 5.41) is 9.64. The molecule has 3 rings (SSSR count). The minimum atomic E-state index is -3.32. The Hall–Kier alpha value is -1.93. The molecular formula is C16H19NO6S. The number of carbonyl (C=O) groups excluding carboxylic acids is 1. The predicted octanol–water partition coefficient (Wildman–Crippen LogP) is 0.653. The molecule has 2 aliphatic rings. The lowest BCUT2D eigenvalue weighted by atomic mass is 9.74. The Labute approximate surface area is 140 Å². The Bertz CT molecular complexity index is 772. The lowest BCUT2D eigenvalue weighted by Gasteiger charge is -2.33. The van der Waals surface area contributed by atoms with Gasteiger partial charge in [-0.05, 0) is 30.7 Å². The van der Waals surface area contributed by atoms with Crippen LogP contribution >= 0.6 is 0 Å². The van der Waals surface area contributed by atoms with Gasteiger partial charge in [-0.25, -0.2) is 8.42 Å². The molecule has 0 aromatic heterocycles. The number of carbonyl (C=O) groups is 2. The average molecular weight is 353 g/mol. The maximum absolute atomic E-state index is 12.7. The van der Waals surface area contributed by atoms with Crippen LogP contribution in [0.2, 0.25) is 0 Å². The van der Waals surface area contributed by atoms with Crippen molar-refractivity contribution in [3.8, 4) is 0 Å². The van der Waals surface area contributed by atoms with Crippen LogP contribution in [-0.4, -0.2) is 62.9 Å². The summed E-state index contributed by atoms with van der Waals surface area (Å²) in [5.74, 6) is -1.40. The number of amides is 1. The van der Waals surface area contributed by atoms with Crippen molar-refractivity contribution in [3.63, 3.8) is 0 Å². The Kier molecular flexibility index (Phi) is 4.13. The number of nitrogens with zero attached hydrogens (tertiary/aromatic N) is 1. The second kappa shape index (κ2) is 5.86. The molecule has 0 saturated carbocycles. The fourth-order valence-electron chi connectivity index (χ4n) is 3.48. The SMILES string of the molecule is CS(=O)(=O)c1ccc(C(=O)N2C[C@H]3COCC[C@@]3(C(=O)O)C2)cc1. The van der Waals surface area contributed by atoms with Gasteiger partial charge in [0.25, 0.3) is 5.91 Å². The van der Waals surface area contributed by atoms with E-state index in [0.29, 0.717) is 31.7 Å². The van der Waals surface area contributed by atoms with Crippen LogP contribution in [0, 0.1) is 11.3 Å². The van der Waals surface area contributed by atoms with E-state index in [0.717, 1.165) is 6.26 Å². The van der Waals surface area contributed by atoms with Crippen LogP contribution in [0.25, 0.3) is 0 Å². The molecule has 0 bridgehead atoms. The maximum Gasteiger partial charge on any atom is 0.311 e. The second-order valence-electron chi connectivity index (χ2n) is 6.47. The molecule has 0 aliphatic carbocycles. The molecular weight excluding hydrogens is 334 g/mol. The molecule has 1 aromatic rings. The summed E-state index contributed by atoms with van der Waals surface area (Å²) in [6.07, 6.45) is 1.50. The first-order chi connectivity index (χ1) is 11.2. The molecule has 2 aliphatic heterocycles. The van der Waals surface area contributed by atoms with Gasteiger partial charge in [0, 0.05) is 37.4 Å². The summed E-state index contributed by atoms with van der Waals surface area (Å²) in [4.78, 5) is 26.1. The highest BCUT2D eigenvalue weighted by molar-refractivity contribution is 7.90. The molecule has 1 N–H and O–H groups in total. The van der Waals surface area contributed by atoms with Gasteiger partial charge in [0.05, 0.1) is 16.9 Å². The number of hydrogen-bond donors (Lipinski definition) is 1. The maximum atomic E-state index is 12.7. The van der Waals surface area contributed by atoms with Crippen molar-refractivity contribution in [2.24, 2.45) is 11.3 Å². The van der Waals surface area contributed by atoms with E-state index in [2.05, 4.69) is 0 Å². The van der Waals surface area contributed by atoms with Gasteiger partial charge in [0.15, 0.2) is 9.84 Å². The molecule has 1 amide bonds. The summed E-state index contributed by atoms with van der Waals surface area (Å²) < 4.78 is 28.3. The van der Waals surface area contributed by atoms with Crippen LogP contribution in [0.1, 0.15) is 16.8 Å². The number of benzene rings is 1. The van der Waals surface area contributed by atoms with Crippen LogP contribution in [-0.2, 0) is 19.4 Å². The molecule has 8 heteroatoms. The monoisotopic (exact) mass is 353 g/mol. The first kappa shape index (κ1) is 16.9. The third-order valence-corrected chi connectivity index (χ3v) is 6.08. The zero-order valence-corrected chi connectivity index (χ0v) is 14.1. The first-order valence-corrected chi connectivity index (χ1v) is 9.54. The molecule has 2 heterocycles. The Morgan fingerprint density at radius 1 is 1.29 bits per heavy atom. The van der Waals surface area contributed by atoms with E-state index in [1.165, 1.54) is 29.2 Å². The van der Waals surface area contributed by atoms with E-state index in [-0.39, 0.29) is 23.3 Å². The van der Waals surface area contributed by atoms with E-state index in [9.17, 15) is 23.1 Å². The Balaban J connectivity index is 1.82. The van der Waals surface area contributed by atoms with E-state index in [1.54, 1.807) is 0 Å². The molecule has 7 nitrogen and oxygen atoms in total. The van der Waals surface area contributed by atoms with Gasteiger partial charge < -0.3 is 14.7 Å². The molecule has 0 unspecified atom stereocenters. The lowest BCUT2D eigenvalue weighted by Crippen LogP contribution is -2.45. The zero-order chi connectivity index (χ0) is 17.5. The number of hydrogen-bond acceptors (Lipinski definition) is 5. The van der Waals surface area contributed by atoms with Gasteiger partial charge in [0.2, 0.25) is 0 Å². The second-order valence-corrected chi connectivity index (χ2v) is 8.48. The number of sulfone groups is 1. The van der Waals surface area contributed by atoms with Gasteiger partial charge in [0.1, 0.15) is 0 Å². The minimum absolute atomic E-state index is 0.143. The van der Waals surface area contributed by atoms with Crippen molar-refractivity contribution in [2.45, 2.75) is 11.3 Å². The lowest BCUT2D eigenvalue weighted by molar-refractivity contribution is -0.157. The highest BCUT2D eigenvalue weighted by atomic mass is 32.2. The summed E-state index contributed by atoms with van der Waals surface area (Å²) in [6, 6.07) is 5.71. The summed E-state index contributed by atoms with van der Waals surface area (Å²) in [7, 11) is -3.32. The normalized spacial score (nSPS) is 26.9. The quantitative estimate of drug-likeness (QED) is 0.856. The molecule has 130 valence electrons. The summed E-state index contributed by atoms with van der Waals surface area (Å²) in [5.41, 5.74) is -0.594. The van der Waals surface area contributed by atoms with Gasteiger partial charge >= 0.3 is 5.97 Å². The summed E-state index contributed by atoms with van der Waals surface area (Å²) >= 11 is 0. The molecule has 0 spiro atoms. The summed E-state index contributed by atoms with van der Waals surface area (Å²) in [6.45, 7) is 1.21. The number of ether oxygens (including phenoxy) is 1. The number of carboxylic acid groups (broad SMARTS) is 1. The molecule has 2 atom stereocenters. The predicted molar refractivity (Wildman–Crippen MR) is 84.5 cm³/mol. The highest BCUT2D eigenvalue weighted by Gasteiger charge is 2.54. The van der Waals surface area contributed by atoms with E-state index in [4.69, 9.17) is 4.74 Å². The van der Waals surface area contributed by atoms with Crippen molar-refractivity contribution < 1.29 is 27.9 Å². The largest absolute Gasteiger partial charge is 0.481 e. The standard InChI is InChI=1S/C16H19NO6S/c1-24(21,22)13-4-2-11(3-5-13)14(18)17-8-12-9-23-7-6-16(12,10-17)15(19)20/h2-5,12H,6-10H2,1H3,(H,19,20)/t12-,16+/m0/s1. The van der Waals surface area contributed by atoms with Crippen molar-refractivity contribution in [1.82, 2.24) is 4.90 Å². The molecule has 2 saturated heterocycles. The number of rotatable bonds is 3. The zero-order valence-electron chi connectivity index (χ0n) is 13.3. The Morgan fingerprint density at radius 3 is 2.50 bits per heavy atom. The third-order valence-electron chi connectivity index (χ3n) is 4.95. The Morgan fingerprint density at radius 2 is 1.96 bits per heavy atom. The number of aliphatic carboxylic acids is 1. The van der Waals surface area contributed by atoms with E-state index < -0.39 is 21.2 Å². The third kappa shape index (κ3) is 2.80. The van der Waals surface area contributed by atoms with Gasteiger partial charge in [-0.15, -0.1) is 0 Å². The smallest absolute Gasteiger partial charge is 0.311 e. The van der Waals surface area contributed by atoms with Crippen LogP contribution in [0.3, 0.4) is 0 Å². The van der Waals surface area contributed by atoms with Crippen LogP contribution in [0.5, 0.6) is 0 Å². The van der Waals surface area contributed by atoms with Crippen molar-refractivity contribution >= 4 is 21.7 Å². The van der Waals surface area contributed by atoms with Crippen molar-refractivity contribution in [3.05, 3.63) is 29.8 Å². The fourth-order valence-corrected chi connectivity index (χ4v) is 4.11. The number of carboxylic acids is 1. The van der Waals surface area contributed by atoms with E-state index in [1.807, 2.05) is 0 Å². The van der Waals surface area contributed by atoms with Gasteiger partial charge in [-0.2, -0.15) is 0 Å².